The van der Waals surface area contributed by atoms with E-state index in [0.717, 1.165) is 11.2 Å². The predicted molar refractivity (Wildman–Crippen MR) is 93.2 cm³/mol. The van der Waals surface area contributed by atoms with Gasteiger partial charge in [0.25, 0.3) is 0 Å². The van der Waals surface area contributed by atoms with Crippen LogP contribution in [0.15, 0.2) is 48.5 Å². The summed E-state index contributed by atoms with van der Waals surface area (Å²) in [4.78, 5) is 27.3. The van der Waals surface area contributed by atoms with Crippen LogP contribution in [-0.2, 0) is 16.0 Å². The quantitative estimate of drug-likeness (QED) is 0.667. The number of hydrogen-bond acceptors (Lipinski definition) is 2. The van der Waals surface area contributed by atoms with Crippen LogP contribution in [0.4, 0.5) is 4.39 Å². The SMILES string of the molecule is Cc1[nH]c2ccc(F)cc2c1CC(=O)N[C@@H](C(N)=O)c1ccccc1. The summed E-state index contributed by atoms with van der Waals surface area (Å²) in [5.74, 6) is -1.37. The highest BCUT2D eigenvalue weighted by atomic mass is 19.1. The second-order valence-electron chi connectivity index (χ2n) is 5.91. The third kappa shape index (κ3) is 3.52. The third-order valence-corrected chi connectivity index (χ3v) is 4.14. The number of H-pyrrole nitrogens is 1. The molecule has 0 bridgehead atoms. The number of aryl methyl sites for hydroxylation is 1. The van der Waals surface area contributed by atoms with E-state index in [2.05, 4.69) is 10.3 Å². The molecule has 6 heteroatoms. The zero-order valence-electron chi connectivity index (χ0n) is 13.7. The zero-order valence-corrected chi connectivity index (χ0v) is 13.7. The Balaban J connectivity index is 1.84. The van der Waals surface area contributed by atoms with Crippen LogP contribution in [0.3, 0.4) is 0 Å². The van der Waals surface area contributed by atoms with Crippen LogP contribution >= 0.6 is 0 Å². The molecule has 0 fully saturated rings. The van der Waals surface area contributed by atoms with Gasteiger partial charge in [0.1, 0.15) is 11.9 Å². The molecule has 0 saturated carbocycles. The molecule has 2 amide bonds. The Hall–Kier alpha value is -3.15. The fraction of sp³-hybridized carbons (Fsp3) is 0.158. The van der Waals surface area contributed by atoms with Crippen LogP contribution in [-0.4, -0.2) is 16.8 Å². The van der Waals surface area contributed by atoms with Gasteiger partial charge < -0.3 is 16.0 Å². The van der Waals surface area contributed by atoms with E-state index in [0.29, 0.717) is 16.5 Å². The van der Waals surface area contributed by atoms with Crippen molar-refractivity contribution >= 4 is 22.7 Å². The highest BCUT2D eigenvalue weighted by Crippen LogP contribution is 2.24. The number of hydrogen-bond donors (Lipinski definition) is 3. The standard InChI is InChI=1S/C19H18FN3O2/c1-11-14(15-9-13(20)7-8-16(15)22-11)10-17(24)23-18(19(21)25)12-5-3-2-4-6-12/h2-9,18,22H,10H2,1H3,(H2,21,25)(H,23,24)/t18-/m1/s1. The van der Waals surface area contributed by atoms with Crippen molar-refractivity contribution in [3.05, 3.63) is 71.2 Å². The second-order valence-corrected chi connectivity index (χ2v) is 5.91. The fourth-order valence-electron chi connectivity index (χ4n) is 2.92. The van der Waals surface area contributed by atoms with E-state index in [1.165, 1.54) is 12.1 Å². The van der Waals surface area contributed by atoms with Gasteiger partial charge in [-0.1, -0.05) is 30.3 Å². The summed E-state index contributed by atoms with van der Waals surface area (Å²) in [7, 11) is 0. The second kappa shape index (κ2) is 6.76. The van der Waals surface area contributed by atoms with Crippen molar-refractivity contribution in [1.82, 2.24) is 10.3 Å². The van der Waals surface area contributed by atoms with Crippen LogP contribution < -0.4 is 11.1 Å². The van der Waals surface area contributed by atoms with Gasteiger partial charge in [0.05, 0.1) is 6.42 Å². The Morgan fingerprint density at radius 3 is 2.60 bits per heavy atom. The van der Waals surface area contributed by atoms with E-state index < -0.39 is 11.9 Å². The number of aromatic amines is 1. The van der Waals surface area contributed by atoms with Gasteiger partial charge in [-0.2, -0.15) is 0 Å². The normalized spacial score (nSPS) is 12.1. The fourth-order valence-corrected chi connectivity index (χ4v) is 2.92. The molecule has 1 aromatic heterocycles. The summed E-state index contributed by atoms with van der Waals surface area (Å²) in [5.41, 5.74) is 8.28. The summed E-state index contributed by atoms with van der Waals surface area (Å²) < 4.78 is 13.5. The lowest BCUT2D eigenvalue weighted by Gasteiger charge is -2.16. The van der Waals surface area contributed by atoms with Crippen molar-refractivity contribution in [2.24, 2.45) is 5.73 Å². The van der Waals surface area contributed by atoms with E-state index in [1.807, 2.05) is 13.0 Å². The molecule has 0 saturated heterocycles. The minimum atomic E-state index is -0.907. The molecule has 4 N–H and O–H groups in total. The molecular weight excluding hydrogens is 321 g/mol. The lowest BCUT2D eigenvalue weighted by atomic mass is 10.0. The number of rotatable bonds is 5. The molecule has 25 heavy (non-hydrogen) atoms. The molecule has 0 radical (unpaired) electrons. The Morgan fingerprint density at radius 2 is 1.92 bits per heavy atom. The molecule has 0 spiro atoms. The monoisotopic (exact) mass is 339 g/mol. The van der Waals surface area contributed by atoms with Crippen molar-refractivity contribution in [3.63, 3.8) is 0 Å². The number of fused-ring (bicyclic) bond motifs is 1. The van der Waals surface area contributed by atoms with Gasteiger partial charge >= 0.3 is 0 Å². The lowest BCUT2D eigenvalue weighted by Crippen LogP contribution is -2.38. The zero-order chi connectivity index (χ0) is 18.0. The number of benzene rings is 2. The third-order valence-electron chi connectivity index (χ3n) is 4.14. The maximum Gasteiger partial charge on any atom is 0.244 e. The minimum absolute atomic E-state index is 0.0197. The highest BCUT2D eigenvalue weighted by Gasteiger charge is 2.21. The molecule has 1 heterocycles. The van der Waals surface area contributed by atoms with Crippen LogP contribution in [0.1, 0.15) is 22.9 Å². The van der Waals surface area contributed by atoms with Crippen molar-refractivity contribution < 1.29 is 14.0 Å². The summed E-state index contributed by atoms with van der Waals surface area (Å²) in [6.45, 7) is 1.82. The first kappa shape index (κ1) is 16.7. The molecule has 3 rings (SSSR count). The molecule has 0 aliphatic rings. The molecule has 5 nitrogen and oxygen atoms in total. The van der Waals surface area contributed by atoms with E-state index >= 15 is 0 Å². The highest BCUT2D eigenvalue weighted by molar-refractivity contribution is 5.92. The first-order valence-corrected chi connectivity index (χ1v) is 7.86. The van der Waals surface area contributed by atoms with Gasteiger partial charge in [0.15, 0.2) is 0 Å². The van der Waals surface area contributed by atoms with E-state index in [-0.39, 0.29) is 18.1 Å². The first-order chi connectivity index (χ1) is 12.0. The Labute approximate surface area is 144 Å². The number of nitrogens with one attached hydrogen (secondary N) is 2. The maximum atomic E-state index is 13.5. The topological polar surface area (TPSA) is 88.0 Å². The number of halogens is 1. The van der Waals surface area contributed by atoms with E-state index in [4.69, 9.17) is 5.73 Å². The average molecular weight is 339 g/mol. The minimum Gasteiger partial charge on any atom is -0.368 e. The number of aromatic nitrogens is 1. The number of amides is 2. The predicted octanol–water partition coefficient (Wildman–Crippen LogP) is 2.50. The average Bonchev–Trinajstić information content (AvgIpc) is 2.88. The van der Waals surface area contributed by atoms with Gasteiger partial charge in [-0.05, 0) is 36.2 Å². The summed E-state index contributed by atoms with van der Waals surface area (Å²) in [6, 6.07) is 12.3. The van der Waals surface area contributed by atoms with Gasteiger partial charge in [0.2, 0.25) is 11.8 Å². The van der Waals surface area contributed by atoms with Crippen molar-refractivity contribution in [2.45, 2.75) is 19.4 Å². The van der Waals surface area contributed by atoms with Crippen LogP contribution in [0.2, 0.25) is 0 Å². The van der Waals surface area contributed by atoms with Crippen LogP contribution in [0, 0.1) is 12.7 Å². The molecule has 0 aliphatic heterocycles. The van der Waals surface area contributed by atoms with Gasteiger partial charge in [0, 0.05) is 16.6 Å². The molecular formula is C19H18FN3O2. The maximum absolute atomic E-state index is 13.5. The number of carbonyl (C=O) groups is 2. The largest absolute Gasteiger partial charge is 0.368 e. The lowest BCUT2D eigenvalue weighted by molar-refractivity contribution is -0.127. The van der Waals surface area contributed by atoms with Crippen LogP contribution in [0.25, 0.3) is 10.9 Å². The Kier molecular flexibility index (Phi) is 4.52. The summed E-state index contributed by atoms with van der Waals surface area (Å²) in [5, 5.41) is 3.31. The van der Waals surface area contributed by atoms with E-state index in [1.54, 1.807) is 30.3 Å². The van der Waals surface area contributed by atoms with Crippen LogP contribution in [0.5, 0.6) is 0 Å². The summed E-state index contributed by atoms with van der Waals surface area (Å²) in [6.07, 6.45) is 0.0197. The smallest absolute Gasteiger partial charge is 0.244 e. The first-order valence-electron chi connectivity index (χ1n) is 7.86. The van der Waals surface area contributed by atoms with Crippen molar-refractivity contribution in [3.8, 4) is 0 Å². The Morgan fingerprint density at radius 1 is 1.20 bits per heavy atom. The summed E-state index contributed by atoms with van der Waals surface area (Å²) >= 11 is 0. The molecule has 2 aromatic carbocycles. The molecule has 0 unspecified atom stereocenters. The van der Waals surface area contributed by atoms with Crippen molar-refractivity contribution in [1.29, 1.82) is 0 Å². The number of primary amides is 1. The molecule has 3 aromatic rings. The molecule has 128 valence electrons. The van der Waals surface area contributed by atoms with Gasteiger partial charge in [-0.25, -0.2) is 4.39 Å². The van der Waals surface area contributed by atoms with Gasteiger partial charge in [-0.3, -0.25) is 9.59 Å². The van der Waals surface area contributed by atoms with Gasteiger partial charge in [-0.15, -0.1) is 0 Å². The molecule has 0 aliphatic carbocycles. The molecule has 1 atom stereocenters. The Bertz CT molecular complexity index is 934. The number of carbonyl (C=O) groups excluding carboxylic acids is 2. The van der Waals surface area contributed by atoms with E-state index in [9.17, 15) is 14.0 Å². The van der Waals surface area contributed by atoms with Crippen molar-refractivity contribution in [2.75, 3.05) is 0 Å². The number of nitrogens with two attached hydrogens (primary N) is 1.